The molecule has 0 aromatic carbocycles. The molecule has 0 heterocycles. The summed E-state index contributed by atoms with van der Waals surface area (Å²) in [5.74, 6) is -0.571. The van der Waals surface area contributed by atoms with Crippen LogP contribution >= 0.6 is 0 Å². The summed E-state index contributed by atoms with van der Waals surface area (Å²) in [6.45, 7) is 4.18. The maximum absolute atomic E-state index is 12.3. The molecular formula is C55H106O5. The number of aliphatic hydroxyl groups excluding tert-OH is 1. The molecule has 0 aliphatic heterocycles. The number of rotatable bonds is 51. The van der Waals surface area contributed by atoms with Crippen LogP contribution in [-0.4, -0.2) is 36.4 Å². The molecule has 356 valence electrons. The Bertz CT molecular complexity index is 871. The van der Waals surface area contributed by atoms with Crippen molar-refractivity contribution in [2.24, 2.45) is 0 Å². The molecule has 0 aliphatic carbocycles. The fourth-order valence-corrected chi connectivity index (χ4v) is 8.44. The van der Waals surface area contributed by atoms with Crippen LogP contribution in [0.4, 0.5) is 0 Å². The third kappa shape index (κ3) is 49.3. The van der Waals surface area contributed by atoms with Gasteiger partial charge in [-0.05, 0) is 38.5 Å². The minimum absolute atomic E-state index is 0.0576. The Morgan fingerprint density at radius 2 is 0.617 bits per heavy atom. The van der Waals surface area contributed by atoms with Crippen molar-refractivity contribution in [3.05, 3.63) is 12.2 Å². The van der Waals surface area contributed by atoms with Crippen LogP contribution in [0.5, 0.6) is 0 Å². The van der Waals surface area contributed by atoms with E-state index in [1.807, 2.05) is 0 Å². The van der Waals surface area contributed by atoms with Crippen LogP contribution in [0.25, 0.3) is 0 Å². The van der Waals surface area contributed by atoms with Crippen LogP contribution in [-0.2, 0) is 19.1 Å². The highest BCUT2D eigenvalue weighted by molar-refractivity contribution is 5.70. The van der Waals surface area contributed by atoms with Crippen molar-refractivity contribution >= 4 is 11.9 Å². The minimum Gasteiger partial charge on any atom is -0.462 e. The first-order chi connectivity index (χ1) is 29.6. The molecule has 0 aromatic rings. The third-order valence-electron chi connectivity index (χ3n) is 12.6. The minimum atomic E-state index is -0.764. The zero-order valence-corrected chi connectivity index (χ0v) is 40.8. The summed E-state index contributed by atoms with van der Waals surface area (Å²) in [6.07, 6.45) is 63.4. The molecule has 1 N–H and O–H groups in total. The summed E-state index contributed by atoms with van der Waals surface area (Å²) in [5.41, 5.74) is 0. The van der Waals surface area contributed by atoms with Crippen molar-refractivity contribution in [3.63, 3.8) is 0 Å². The standard InChI is InChI=1S/C55H106O5/c1-3-5-7-9-11-13-15-17-18-19-20-21-22-23-24-25-26-27-28-29-30-31-32-33-34-35-36-38-40-42-44-46-48-50-55(58)60-53(51-56)52-59-54(57)49-47-45-43-41-39-37-16-14-12-10-8-6-4-2/h19-20,53,56H,3-18,21-52H2,1-2H3/b20-19-. The molecule has 0 amide bonds. The van der Waals surface area contributed by atoms with Gasteiger partial charge in [-0.2, -0.15) is 0 Å². The van der Waals surface area contributed by atoms with Gasteiger partial charge in [0.1, 0.15) is 6.61 Å². The monoisotopic (exact) mass is 847 g/mol. The molecule has 0 rings (SSSR count). The second kappa shape index (κ2) is 52.0. The van der Waals surface area contributed by atoms with E-state index in [-0.39, 0.29) is 25.2 Å². The summed E-state index contributed by atoms with van der Waals surface area (Å²) in [6, 6.07) is 0. The van der Waals surface area contributed by atoms with Crippen molar-refractivity contribution in [2.75, 3.05) is 13.2 Å². The van der Waals surface area contributed by atoms with Crippen LogP contribution in [0.3, 0.4) is 0 Å². The van der Waals surface area contributed by atoms with Gasteiger partial charge in [-0.25, -0.2) is 0 Å². The zero-order valence-electron chi connectivity index (χ0n) is 40.8. The van der Waals surface area contributed by atoms with Gasteiger partial charge in [0.15, 0.2) is 6.10 Å². The molecule has 0 bridgehead atoms. The molecule has 5 nitrogen and oxygen atoms in total. The van der Waals surface area contributed by atoms with E-state index in [0.717, 1.165) is 32.1 Å². The number of unbranched alkanes of at least 4 members (excludes halogenated alkanes) is 41. The van der Waals surface area contributed by atoms with Crippen molar-refractivity contribution in [1.29, 1.82) is 0 Å². The number of allylic oxidation sites excluding steroid dienone is 2. The second-order valence-corrected chi connectivity index (χ2v) is 18.7. The first-order valence-electron chi connectivity index (χ1n) is 27.2. The quantitative estimate of drug-likeness (QED) is 0.0375. The smallest absolute Gasteiger partial charge is 0.306 e. The van der Waals surface area contributed by atoms with E-state index in [1.54, 1.807) is 0 Å². The highest BCUT2D eigenvalue weighted by Crippen LogP contribution is 2.17. The van der Waals surface area contributed by atoms with Gasteiger partial charge in [0.05, 0.1) is 6.61 Å². The van der Waals surface area contributed by atoms with Crippen LogP contribution in [0.2, 0.25) is 0 Å². The lowest BCUT2D eigenvalue weighted by Crippen LogP contribution is -2.28. The number of hydrogen-bond donors (Lipinski definition) is 1. The van der Waals surface area contributed by atoms with Gasteiger partial charge in [-0.1, -0.05) is 270 Å². The lowest BCUT2D eigenvalue weighted by molar-refractivity contribution is -0.161. The van der Waals surface area contributed by atoms with Crippen LogP contribution in [0, 0.1) is 0 Å². The summed E-state index contributed by atoms with van der Waals surface area (Å²) in [4.78, 5) is 24.4. The lowest BCUT2D eigenvalue weighted by Gasteiger charge is -2.15. The summed E-state index contributed by atoms with van der Waals surface area (Å²) >= 11 is 0. The van der Waals surface area contributed by atoms with E-state index in [1.165, 1.54) is 250 Å². The molecule has 60 heavy (non-hydrogen) atoms. The molecule has 1 unspecified atom stereocenters. The van der Waals surface area contributed by atoms with E-state index < -0.39 is 6.10 Å². The molecule has 0 aromatic heterocycles. The highest BCUT2D eigenvalue weighted by atomic mass is 16.6. The van der Waals surface area contributed by atoms with Crippen LogP contribution < -0.4 is 0 Å². The normalized spacial score (nSPS) is 12.1. The maximum Gasteiger partial charge on any atom is 0.306 e. The lowest BCUT2D eigenvalue weighted by atomic mass is 10.0. The highest BCUT2D eigenvalue weighted by Gasteiger charge is 2.16. The van der Waals surface area contributed by atoms with E-state index >= 15 is 0 Å². The van der Waals surface area contributed by atoms with E-state index in [2.05, 4.69) is 26.0 Å². The summed E-state index contributed by atoms with van der Waals surface area (Å²) < 4.78 is 10.7. The van der Waals surface area contributed by atoms with Crippen molar-refractivity contribution < 1.29 is 24.2 Å². The second-order valence-electron chi connectivity index (χ2n) is 18.7. The fourth-order valence-electron chi connectivity index (χ4n) is 8.44. The number of esters is 2. The van der Waals surface area contributed by atoms with Gasteiger partial charge in [-0.3, -0.25) is 9.59 Å². The molecule has 0 saturated heterocycles. The fraction of sp³-hybridized carbons (Fsp3) is 0.927. The summed E-state index contributed by atoms with van der Waals surface area (Å²) in [5, 5.41) is 9.61. The Morgan fingerprint density at radius 3 is 0.900 bits per heavy atom. The first kappa shape index (κ1) is 58.6. The molecular weight excluding hydrogens is 741 g/mol. The number of aliphatic hydroxyl groups is 1. The zero-order chi connectivity index (χ0) is 43.5. The molecule has 0 radical (unpaired) electrons. The van der Waals surface area contributed by atoms with Crippen LogP contribution in [0.15, 0.2) is 12.2 Å². The Morgan fingerprint density at radius 1 is 0.367 bits per heavy atom. The van der Waals surface area contributed by atoms with Gasteiger partial charge in [-0.15, -0.1) is 0 Å². The average molecular weight is 847 g/mol. The Kier molecular flexibility index (Phi) is 50.8. The Balaban J connectivity index is 3.37. The number of carbonyl (C=O) groups is 2. The summed E-state index contributed by atoms with van der Waals surface area (Å²) in [7, 11) is 0. The maximum atomic E-state index is 12.3. The van der Waals surface area contributed by atoms with Gasteiger partial charge >= 0.3 is 11.9 Å². The molecule has 1 atom stereocenters. The Labute approximate surface area is 375 Å². The largest absolute Gasteiger partial charge is 0.462 e. The Hall–Kier alpha value is -1.36. The van der Waals surface area contributed by atoms with E-state index in [4.69, 9.17) is 9.47 Å². The first-order valence-corrected chi connectivity index (χ1v) is 27.2. The molecule has 0 saturated carbocycles. The number of ether oxygens (including phenoxy) is 2. The van der Waals surface area contributed by atoms with Crippen molar-refractivity contribution in [3.8, 4) is 0 Å². The topological polar surface area (TPSA) is 72.8 Å². The number of carbonyl (C=O) groups excluding carboxylic acids is 2. The molecule has 0 fully saturated rings. The van der Waals surface area contributed by atoms with Crippen LogP contribution in [0.1, 0.15) is 309 Å². The third-order valence-corrected chi connectivity index (χ3v) is 12.6. The average Bonchev–Trinajstić information content (AvgIpc) is 3.25. The van der Waals surface area contributed by atoms with Crippen molar-refractivity contribution in [1.82, 2.24) is 0 Å². The van der Waals surface area contributed by atoms with Gasteiger partial charge in [0.2, 0.25) is 0 Å². The van der Waals surface area contributed by atoms with Gasteiger partial charge < -0.3 is 14.6 Å². The number of hydrogen-bond acceptors (Lipinski definition) is 5. The van der Waals surface area contributed by atoms with Gasteiger partial charge in [0, 0.05) is 12.8 Å². The molecule has 0 spiro atoms. The van der Waals surface area contributed by atoms with E-state index in [9.17, 15) is 14.7 Å². The molecule has 5 heteroatoms. The van der Waals surface area contributed by atoms with Gasteiger partial charge in [0.25, 0.3) is 0 Å². The SMILES string of the molecule is CCCCCCCCCC/C=C\CCCCCCCCCCCCCCCCCCCCCCCC(=O)OC(CO)COC(=O)CCCCCCCCCCCCCCC. The predicted molar refractivity (Wildman–Crippen MR) is 261 cm³/mol. The predicted octanol–water partition coefficient (Wildman–Crippen LogP) is 18.0. The van der Waals surface area contributed by atoms with Crippen molar-refractivity contribution in [2.45, 2.75) is 315 Å². The molecule has 0 aliphatic rings. The van der Waals surface area contributed by atoms with E-state index in [0.29, 0.717) is 12.8 Å².